The fourth-order valence-corrected chi connectivity index (χ4v) is 2.79. The summed E-state index contributed by atoms with van der Waals surface area (Å²) < 4.78 is 45.0. The molecule has 0 unspecified atom stereocenters. The van der Waals surface area contributed by atoms with Crippen LogP contribution in [-0.2, 0) is 30.3 Å². The fourth-order valence-electron chi connectivity index (χ4n) is 2.79. The molecule has 0 aliphatic carbocycles. The van der Waals surface area contributed by atoms with Crippen molar-refractivity contribution < 1.29 is 17.9 Å². The van der Waals surface area contributed by atoms with Crippen LogP contribution in [0.15, 0.2) is 35.6 Å². The van der Waals surface area contributed by atoms with Crippen molar-refractivity contribution in [3.63, 3.8) is 0 Å². The maximum Gasteiger partial charge on any atom is 0.416 e. The molecule has 10 heteroatoms. The van der Waals surface area contributed by atoms with Crippen LogP contribution in [0.25, 0.3) is 0 Å². The van der Waals surface area contributed by atoms with Crippen LogP contribution in [0, 0.1) is 0 Å². The van der Waals surface area contributed by atoms with Crippen LogP contribution in [0.2, 0.25) is 0 Å². The molecule has 0 fully saturated rings. The lowest BCUT2D eigenvalue weighted by Crippen LogP contribution is -2.40. The minimum absolute atomic E-state index is 0.550. The van der Waals surface area contributed by atoms with Gasteiger partial charge in [0.15, 0.2) is 5.96 Å². The number of nitrogens with one attached hydrogen (secondary N) is 2. The van der Waals surface area contributed by atoms with E-state index in [-0.39, 0.29) is 0 Å². The Hall–Kier alpha value is -2.62. The van der Waals surface area contributed by atoms with E-state index in [1.807, 2.05) is 11.5 Å². The lowest BCUT2D eigenvalue weighted by Gasteiger charge is -2.14. The van der Waals surface area contributed by atoms with Gasteiger partial charge in [-0.15, -0.1) is 10.2 Å². The number of hydrogen-bond acceptors (Lipinski definition) is 4. The van der Waals surface area contributed by atoms with E-state index in [0.29, 0.717) is 45.2 Å². The molecule has 2 aromatic rings. The van der Waals surface area contributed by atoms with Gasteiger partial charge in [0.25, 0.3) is 0 Å². The van der Waals surface area contributed by atoms with Crippen molar-refractivity contribution in [1.29, 1.82) is 0 Å². The third kappa shape index (κ3) is 8.02. The third-order valence-corrected chi connectivity index (χ3v) is 4.42. The highest BCUT2D eigenvalue weighted by Crippen LogP contribution is 2.29. The monoisotopic (exact) mass is 426 g/mol. The van der Waals surface area contributed by atoms with Crippen LogP contribution in [0.3, 0.4) is 0 Å². The molecule has 7 nitrogen and oxygen atoms in total. The van der Waals surface area contributed by atoms with Gasteiger partial charge >= 0.3 is 6.18 Å². The molecule has 2 N–H and O–H groups in total. The molecule has 0 spiro atoms. The van der Waals surface area contributed by atoms with Crippen LogP contribution in [0.1, 0.15) is 30.3 Å². The molecule has 1 aromatic heterocycles. The number of halogens is 3. The van der Waals surface area contributed by atoms with Gasteiger partial charge in [0, 0.05) is 46.3 Å². The van der Waals surface area contributed by atoms with Gasteiger partial charge in [0.1, 0.15) is 12.2 Å². The smallest absolute Gasteiger partial charge is 0.385 e. The lowest BCUT2D eigenvalue weighted by molar-refractivity contribution is -0.137. The van der Waals surface area contributed by atoms with Crippen molar-refractivity contribution in [2.24, 2.45) is 4.99 Å². The number of methoxy groups -OCH3 is 1. The van der Waals surface area contributed by atoms with E-state index in [1.54, 1.807) is 13.4 Å². The minimum atomic E-state index is -4.31. The van der Waals surface area contributed by atoms with Crippen LogP contribution in [-0.4, -0.2) is 54.1 Å². The molecule has 0 saturated carbocycles. The van der Waals surface area contributed by atoms with Crippen LogP contribution >= 0.6 is 0 Å². The van der Waals surface area contributed by atoms with Gasteiger partial charge < -0.3 is 19.9 Å². The molecular weight excluding hydrogens is 397 g/mol. The Kier molecular flexibility index (Phi) is 9.59. The summed E-state index contributed by atoms with van der Waals surface area (Å²) in [5, 5.41) is 14.5. The standard InChI is InChI=1S/C20H29F3N6O/c1-3-18-28-27-15-29(18)13-12-26-19(24-10-4-14-30-2)25-11-9-16-5-7-17(8-6-16)20(21,22)23/h5-8,15H,3-4,9-14H2,1-2H3,(H2,24,25,26). The summed E-state index contributed by atoms with van der Waals surface area (Å²) >= 11 is 0. The summed E-state index contributed by atoms with van der Waals surface area (Å²) in [4.78, 5) is 4.53. The lowest BCUT2D eigenvalue weighted by atomic mass is 10.1. The molecule has 0 atom stereocenters. The molecule has 0 aliphatic heterocycles. The largest absolute Gasteiger partial charge is 0.416 e. The SMILES string of the molecule is CCc1nncn1CCNC(=NCCCOC)NCCc1ccc(C(F)(F)F)cc1. The maximum atomic E-state index is 12.7. The zero-order valence-corrected chi connectivity index (χ0v) is 17.4. The first-order chi connectivity index (χ1) is 14.4. The summed E-state index contributed by atoms with van der Waals surface area (Å²) in [6.07, 6.45) is -0.418. The van der Waals surface area contributed by atoms with Crippen molar-refractivity contribution in [2.75, 3.05) is 33.4 Å². The Morgan fingerprint density at radius 2 is 1.90 bits per heavy atom. The van der Waals surface area contributed by atoms with Crippen LogP contribution in [0.5, 0.6) is 0 Å². The number of rotatable bonds is 11. The van der Waals surface area contributed by atoms with Gasteiger partial charge in [0.2, 0.25) is 0 Å². The van der Waals surface area contributed by atoms with Gasteiger partial charge in [-0.05, 0) is 30.5 Å². The van der Waals surface area contributed by atoms with Gasteiger partial charge in [-0.1, -0.05) is 19.1 Å². The molecule has 0 aliphatic rings. The first kappa shape index (κ1) is 23.7. The van der Waals surface area contributed by atoms with E-state index in [4.69, 9.17) is 4.74 Å². The second-order valence-electron chi connectivity index (χ2n) is 6.67. The number of hydrogen-bond donors (Lipinski definition) is 2. The highest BCUT2D eigenvalue weighted by Gasteiger charge is 2.29. The third-order valence-electron chi connectivity index (χ3n) is 4.42. The predicted molar refractivity (Wildman–Crippen MR) is 109 cm³/mol. The quantitative estimate of drug-likeness (QED) is 0.328. The highest BCUT2D eigenvalue weighted by atomic mass is 19.4. The first-order valence-corrected chi connectivity index (χ1v) is 9.98. The van der Waals surface area contributed by atoms with E-state index in [9.17, 15) is 13.2 Å². The molecule has 0 bridgehead atoms. The fraction of sp³-hybridized carbons (Fsp3) is 0.550. The number of aromatic nitrogens is 3. The Bertz CT molecular complexity index is 774. The number of benzene rings is 1. The van der Waals surface area contributed by atoms with Crippen LogP contribution < -0.4 is 10.6 Å². The number of aryl methyl sites for hydroxylation is 1. The highest BCUT2D eigenvalue weighted by molar-refractivity contribution is 5.79. The predicted octanol–water partition coefficient (Wildman–Crippen LogP) is 2.67. The maximum absolute atomic E-state index is 12.7. The van der Waals surface area contributed by atoms with E-state index in [1.165, 1.54) is 12.1 Å². The molecule has 1 aromatic carbocycles. The summed E-state index contributed by atoms with van der Waals surface area (Å²) in [5.74, 6) is 1.58. The van der Waals surface area contributed by atoms with E-state index >= 15 is 0 Å². The summed E-state index contributed by atoms with van der Waals surface area (Å²) in [5.41, 5.74) is 0.188. The summed E-state index contributed by atoms with van der Waals surface area (Å²) in [6, 6.07) is 5.23. The van der Waals surface area contributed by atoms with Crippen molar-refractivity contribution in [1.82, 2.24) is 25.4 Å². The molecular formula is C20H29F3N6O. The molecule has 2 rings (SSSR count). The molecule has 0 amide bonds. The second-order valence-corrected chi connectivity index (χ2v) is 6.67. The molecule has 0 radical (unpaired) electrons. The Balaban J connectivity index is 1.84. The number of guanidine groups is 1. The van der Waals surface area contributed by atoms with Crippen LogP contribution in [0.4, 0.5) is 13.2 Å². The van der Waals surface area contributed by atoms with Crippen molar-refractivity contribution in [2.45, 2.75) is 38.9 Å². The molecule has 30 heavy (non-hydrogen) atoms. The first-order valence-electron chi connectivity index (χ1n) is 9.98. The van der Waals surface area contributed by atoms with Gasteiger partial charge in [-0.25, -0.2) is 0 Å². The zero-order chi connectivity index (χ0) is 21.8. The van der Waals surface area contributed by atoms with Crippen molar-refractivity contribution in [3.05, 3.63) is 47.5 Å². The summed E-state index contributed by atoms with van der Waals surface area (Å²) in [6.45, 7) is 5.15. The van der Waals surface area contributed by atoms with Crippen molar-refractivity contribution in [3.8, 4) is 0 Å². The normalized spacial score (nSPS) is 12.2. The second kappa shape index (κ2) is 12.2. The zero-order valence-electron chi connectivity index (χ0n) is 17.4. The number of alkyl halides is 3. The minimum Gasteiger partial charge on any atom is -0.385 e. The Morgan fingerprint density at radius 1 is 1.17 bits per heavy atom. The van der Waals surface area contributed by atoms with Gasteiger partial charge in [0.05, 0.1) is 5.56 Å². The van der Waals surface area contributed by atoms with Crippen molar-refractivity contribution >= 4 is 5.96 Å². The Morgan fingerprint density at radius 3 is 2.57 bits per heavy atom. The average Bonchev–Trinajstić information content (AvgIpc) is 3.18. The van der Waals surface area contributed by atoms with E-state index in [2.05, 4.69) is 25.8 Å². The average molecular weight is 426 g/mol. The van der Waals surface area contributed by atoms with E-state index in [0.717, 1.165) is 36.4 Å². The Labute approximate surface area is 174 Å². The van der Waals surface area contributed by atoms with Gasteiger partial charge in [-0.2, -0.15) is 13.2 Å². The molecule has 166 valence electrons. The topological polar surface area (TPSA) is 76.4 Å². The molecule has 0 saturated heterocycles. The number of nitrogens with zero attached hydrogens (tertiary/aromatic N) is 4. The number of aliphatic imine (C=N–C) groups is 1. The number of ether oxygens (including phenoxy) is 1. The van der Waals surface area contributed by atoms with Gasteiger partial charge in [-0.3, -0.25) is 4.99 Å². The molecule has 1 heterocycles. The van der Waals surface area contributed by atoms with E-state index < -0.39 is 11.7 Å². The summed E-state index contributed by atoms with van der Waals surface area (Å²) in [7, 11) is 1.65.